The van der Waals surface area contributed by atoms with Crippen LogP contribution in [0.5, 0.6) is 0 Å². The maximum Gasteiger partial charge on any atom is 0.202 e. The SMILES string of the molecule is C=CC[13C]=O. The summed E-state index contributed by atoms with van der Waals surface area (Å²) in [5.74, 6) is 0. The van der Waals surface area contributed by atoms with Gasteiger partial charge < -0.3 is 0 Å². The number of hydrogen-bond acceptors (Lipinski definition) is 1. The highest BCUT2D eigenvalue weighted by Gasteiger charge is 1.61. The number of hydrogen-bond donors (Lipinski definition) is 0. The zero-order chi connectivity index (χ0) is 4.12. The van der Waals surface area contributed by atoms with Crippen LogP contribution in [0.1, 0.15) is 6.42 Å². The molecule has 0 aliphatic heterocycles. The minimum atomic E-state index is 0.347. The second kappa shape index (κ2) is 3.41. The highest BCUT2D eigenvalue weighted by Crippen LogP contribution is 1.64. The molecular weight excluding hydrogens is 65.0 g/mol. The first kappa shape index (κ1) is 4.41. The van der Waals surface area contributed by atoms with Gasteiger partial charge in [-0.2, -0.15) is 0 Å². The summed E-state index contributed by atoms with van der Waals surface area (Å²) in [7, 11) is 0. The molecule has 0 bridgehead atoms. The molecule has 0 saturated heterocycles. The fraction of sp³-hybridized carbons (Fsp3) is 0.250. The van der Waals surface area contributed by atoms with Gasteiger partial charge in [-0.15, -0.1) is 6.58 Å². The van der Waals surface area contributed by atoms with Crippen LogP contribution < -0.4 is 0 Å². The van der Waals surface area contributed by atoms with Gasteiger partial charge in [0.25, 0.3) is 0 Å². The van der Waals surface area contributed by atoms with Crippen LogP contribution in [0.25, 0.3) is 0 Å². The molecule has 0 atom stereocenters. The van der Waals surface area contributed by atoms with E-state index in [0.29, 0.717) is 6.42 Å². The monoisotopic (exact) mass is 70.0 g/mol. The second-order valence-electron chi connectivity index (χ2n) is 0.637. The van der Waals surface area contributed by atoms with Gasteiger partial charge in [-0.05, 0) is 0 Å². The van der Waals surface area contributed by atoms with Crippen molar-refractivity contribution in [2.75, 3.05) is 0 Å². The van der Waals surface area contributed by atoms with Crippen molar-refractivity contribution < 1.29 is 4.79 Å². The van der Waals surface area contributed by atoms with E-state index in [1.54, 1.807) is 6.29 Å². The molecule has 0 fully saturated rings. The van der Waals surface area contributed by atoms with Crippen molar-refractivity contribution in [1.29, 1.82) is 0 Å². The van der Waals surface area contributed by atoms with Crippen LogP contribution in [-0.2, 0) is 4.79 Å². The first-order valence-corrected chi connectivity index (χ1v) is 1.37. The van der Waals surface area contributed by atoms with E-state index >= 15 is 0 Å². The van der Waals surface area contributed by atoms with Gasteiger partial charge in [-0.25, -0.2) is 0 Å². The van der Waals surface area contributed by atoms with Crippen molar-refractivity contribution in [2.45, 2.75) is 6.42 Å². The summed E-state index contributed by atoms with van der Waals surface area (Å²) >= 11 is 0. The van der Waals surface area contributed by atoms with Crippen molar-refractivity contribution in [3.63, 3.8) is 0 Å². The minimum Gasteiger partial charge on any atom is -0.291 e. The van der Waals surface area contributed by atoms with Gasteiger partial charge in [0.05, 0.1) is 0 Å². The van der Waals surface area contributed by atoms with E-state index in [2.05, 4.69) is 6.58 Å². The molecule has 0 unspecified atom stereocenters. The van der Waals surface area contributed by atoms with E-state index in [4.69, 9.17) is 0 Å². The number of rotatable bonds is 2. The van der Waals surface area contributed by atoms with Gasteiger partial charge in [0.15, 0.2) is 0 Å². The fourth-order valence-corrected chi connectivity index (χ4v) is 0.0589. The molecule has 0 aromatic rings. The molecule has 0 aliphatic carbocycles. The van der Waals surface area contributed by atoms with Crippen LogP contribution in [0.3, 0.4) is 0 Å². The van der Waals surface area contributed by atoms with Gasteiger partial charge in [0.1, 0.15) is 0 Å². The Hall–Kier alpha value is -0.590. The van der Waals surface area contributed by atoms with Crippen molar-refractivity contribution in [2.24, 2.45) is 0 Å². The molecule has 27 valence electrons. The normalized spacial score (nSPS) is 6.40. The predicted molar refractivity (Wildman–Crippen MR) is 20.5 cm³/mol. The summed E-state index contributed by atoms with van der Waals surface area (Å²) in [6.07, 6.45) is 3.50. The molecule has 1 radical (unpaired) electrons. The molecule has 0 saturated carbocycles. The molecular formula is C4H5O. The smallest absolute Gasteiger partial charge is 0.202 e. The van der Waals surface area contributed by atoms with Crippen LogP contribution in [0.4, 0.5) is 0 Å². The van der Waals surface area contributed by atoms with E-state index in [0.717, 1.165) is 0 Å². The highest BCUT2D eigenvalue weighted by atomic mass is 16.2. The lowest BCUT2D eigenvalue weighted by molar-refractivity contribution is 0.556. The Kier molecular flexibility index (Phi) is 3.01. The van der Waals surface area contributed by atoms with Crippen molar-refractivity contribution in [1.82, 2.24) is 0 Å². The molecule has 0 rings (SSSR count). The van der Waals surface area contributed by atoms with Crippen LogP contribution in [0, 0.1) is 0 Å². The molecule has 5 heavy (non-hydrogen) atoms. The van der Waals surface area contributed by atoms with Crippen LogP contribution in [-0.4, -0.2) is 6.29 Å². The quantitative estimate of drug-likeness (QED) is 0.345. The van der Waals surface area contributed by atoms with Crippen LogP contribution in [0.2, 0.25) is 0 Å². The molecule has 0 aromatic heterocycles. The Morgan fingerprint density at radius 2 is 2.60 bits per heavy atom. The lowest BCUT2D eigenvalue weighted by Crippen LogP contribution is -1.58. The Bertz CT molecular complexity index is 32.9. The van der Waals surface area contributed by atoms with Gasteiger partial charge in [0, 0.05) is 6.42 Å². The lowest BCUT2D eigenvalue weighted by Gasteiger charge is -1.57. The third-order valence-electron chi connectivity index (χ3n) is 0.228. The Morgan fingerprint density at radius 3 is 2.60 bits per heavy atom. The van der Waals surface area contributed by atoms with E-state index in [1.807, 2.05) is 0 Å². The molecule has 0 amide bonds. The summed E-state index contributed by atoms with van der Waals surface area (Å²) in [5, 5.41) is 0. The van der Waals surface area contributed by atoms with Gasteiger partial charge in [-0.3, -0.25) is 4.79 Å². The Labute approximate surface area is 31.3 Å². The molecule has 0 aliphatic rings. The summed E-state index contributed by atoms with van der Waals surface area (Å²) in [6.45, 7) is 3.29. The standard InChI is InChI=1S/C4H5O/c1-2-3-4-5/h2H,1,3H2/i4+1. The average molecular weight is 70.1 g/mol. The van der Waals surface area contributed by atoms with Gasteiger partial charge in [-0.1, -0.05) is 6.08 Å². The first-order valence-electron chi connectivity index (χ1n) is 1.37. The van der Waals surface area contributed by atoms with Crippen LogP contribution >= 0.6 is 0 Å². The Morgan fingerprint density at radius 1 is 2.00 bits per heavy atom. The van der Waals surface area contributed by atoms with Crippen LogP contribution in [0.15, 0.2) is 12.7 Å². The summed E-state index contributed by atoms with van der Waals surface area (Å²) < 4.78 is 0. The molecule has 0 heterocycles. The summed E-state index contributed by atoms with van der Waals surface area (Å²) in [6, 6.07) is 0. The largest absolute Gasteiger partial charge is 0.291 e. The Balaban J connectivity index is 2.65. The third-order valence-corrected chi connectivity index (χ3v) is 0.228. The van der Waals surface area contributed by atoms with E-state index in [9.17, 15) is 4.79 Å². The molecule has 0 N–H and O–H groups in total. The minimum absolute atomic E-state index is 0.347. The number of carbonyl (C=O) groups excluding carboxylic acids is 1. The van der Waals surface area contributed by atoms with E-state index in [1.165, 1.54) is 6.08 Å². The second-order valence-corrected chi connectivity index (χ2v) is 0.637. The highest BCUT2D eigenvalue weighted by molar-refractivity contribution is 5.52. The van der Waals surface area contributed by atoms with Crippen molar-refractivity contribution in [3.05, 3.63) is 12.7 Å². The molecule has 1 nitrogen and oxygen atoms in total. The molecule has 1 heteroatoms. The summed E-state index contributed by atoms with van der Waals surface area (Å²) in [5.41, 5.74) is 0. The lowest BCUT2D eigenvalue weighted by atomic mass is 10.6. The fourth-order valence-electron chi connectivity index (χ4n) is 0.0589. The topological polar surface area (TPSA) is 17.1 Å². The van der Waals surface area contributed by atoms with Crippen molar-refractivity contribution >= 4 is 6.29 Å². The zero-order valence-corrected chi connectivity index (χ0v) is 2.90. The van der Waals surface area contributed by atoms with Gasteiger partial charge in [0.2, 0.25) is 6.29 Å². The van der Waals surface area contributed by atoms with Crippen molar-refractivity contribution in [3.8, 4) is 0 Å². The third kappa shape index (κ3) is 3.41. The van der Waals surface area contributed by atoms with E-state index in [-0.39, 0.29) is 0 Å². The summed E-state index contributed by atoms with van der Waals surface area (Å²) in [4.78, 5) is 9.21. The van der Waals surface area contributed by atoms with Gasteiger partial charge >= 0.3 is 0 Å². The first-order chi connectivity index (χ1) is 2.41. The molecule has 0 aromatic carbocycles. The zero-order valence-electron chi connectivity index (χ0n) is 2.90. The maximum absolute atomic E-state index is 9.21. The number of allylic oxidation sites excluding steroid dienone is 1. The maximum atomic E-state index is 9.21. The molecule has 0 spiro atoms. The van der Waals surface area contributed by atoms with E-state index < -0.39 is 0 Å². The predicted octanol–water partition coefficient (Wildman–Crippen LogP) is 0.672. The average Bonchev–Trinajstić information content (AvgIpc) is 1.41.